The minimum Gasteiger partial charge on any atom is -0.466 e. The monoisotopic (exact) mass is 385 g/mol. The van der Waals surface area contributed by atoms with Gasteiger partial charge in [0.2, 0.25) is 5.91 Å². The standard InChI is InChI=1S/C22H31N3O3/c1-3-28-22(27)14-21(26)24-17-9-10-20-19(13-17)16(15-23-20)11-12-25(2)18-7-5-4-6-8-18/h9-10,13,15,18,23H,3-8,11-12,14H2,1-2H3,(H,24,26). The van der Waals surface area contributed by atoms with Crippen molar-refractivity contribution in [2.75, 3.05) is 25.5 Å². The van der Waals surface area contributed by atoms with Crippen LogP contribution in [0.4, 0.5) is 5.69 Å². The van der Waals surface area contributed by atoms with E-state index in [4.69, 9.17) is 4.74 Å². The van der Waals surface area contributed by atoms with Gasteiger partial charge in [0.15, 0.2) is 0 Å². The van der Waals surface area contributed by atoms with Crippen molar-refractivity contribution in [1.82, 2.24) is 9.88 Å². The molecule has 1 aromatic carbocycles. The topological polar surface area (TPSA) is 74.4 Å². The van der Waals surface area contributed by atoms with Crippen LogP contribution < -0.4 is 5.32 Å². The minimum absolute atomic E-state index is 0.266. The lowest BCUT2D eigenvalue weighted by atomic mass is 9.94. The van der Waals surface area contributed by atoms with E-state index in [0.717, 1.165) is 23.9 Å². The number of H-pyrrole nitrogens is 1. The molecule has 152 valence electrons. The molecule has 1 amide bonds. The number of amides is 1. The van der Waals surface area contributed by atoms with Crippen molar-refractivity contribution in [3.8, 4) is 0 Å². The Morgan fingerprint density at radius 3 is 2.79 bits per heavy atom. The zero-order valence-corrected chi connectivity index (χ0v) is 16.9. The molecule has 0 aliphatic heterocycles. The minimum atomic E-state index is -0.505. The summed E-state index contributed by atoms with van der Waals surface area (Å²) in [7, 11) is 2.23. The predicted octanol–water partition coefficient (Wildman–Crippen LogP) is 3.87. The van der Waals surface area contributed by atoms with Crippen LogP contribution in [-0.4, -0.2) is 48.0 Å². The van der Waals surface area contributed by atoms with E-state index in [1.165, 1.54) is 37.7 Å². The van der Waals surface area contributed by atoms with Gasteiger partial charge in [-0.2, -0.15) is 0 Å². The van der Waals surface area contributed by atoms with Gasteiger partial charge in [0.1, 0.15) is 6.42 Å². The van der Waals surface area contributed by atoms with Crippen LogP contribution in [-0.2, 0) is 20.7 Å². The molecule has 0 radical (unpaired) electrons. The first-order valence-corrected chi connectivity index (χ1v) is 10.3. The lowest BCUT2D eigenvalue weighted by Gasteiger charge is -2.31. The maximum Gasteiger partial charge on any atom is 0.315 e. The molecule has 0 bridgehead atoms. The third-order valence-corrected chi connectivity index (χ3v) is 5.59. The molecule has 0 saturated heterocycles. The number of aromatic amines is 1. The molecule has 1 fully saturated rings. The van der Waals surface area contributed by atoms with E-state index in [1.807, 2.05) is 18.2 Å². The third-order valence-electron chi connectivity index (χ3n) is 5.59. The van der Waals surface area contributed by atoms with Gasteiger partial charge in [-0.05, 0) is 57.0 Å². The molecule has 1 aromatic heterocycles. The summed E-state index contributed by atoms with van der Waals surface area (Å²) in [6.07, 6.45) is 9.43. The molecule has 0 atom stereocenters. The molecular formula is C22H31N3O3. The Morgan fingerprint density at radius 1 is 1.25 bits per heavy atom. The Labute approximate surface area is 166 Å². The van der Waals surface area contributed by atoms with Gasteiger partial charge < -0.3 is 19.9 Å². The molecule has 0 spiro atoms. The Hall–Kier alpha value is -2.34. The fourth-order valence-electron chi connectivity index (χ4n) is 4.01. The quantitative estimate of drug-likeness (QED) is 0.534. The second-order valence-corrected chi connectivity index (χ2v) is 7.63. The molecular weight excluding hydrogens is 354 g/mol. The van der Waals surface area contributed by atoms with Crippen molar-refractivity contribution in [1.29, 1.82) is 0 Å². The maximum absolute atomic E-state index is 12.0. The Bertz CT molecular complexity index is 808. The first kappa shape index (κ1) is 20.4. The number of esters is 1. The first-order chi connectivity index (χ1) is 13.6. The number of hydrogen-bond acceptors (Lipinski definition) is 4. The highest BCUT2D eigenvalue weighted by Crippen LogP contribution is 2.25. The number of fused-ring (bicyclic) bond motifs is 1. The SMILES string of the molecule is CCOC(=O)CC(=O)Nc1ccc2[nH]cc(CCN(C)C3CCCCC3)c2c1. The molecule has 2 N–H and O–H groups in total. The Kier molecular flexibility index (Phi) is 7.09. The van der Waals surface area contributed by atoms with Crippen LogP contribution in [0, 0.1) is 0 Å². The molecule has 1 heterocycles. The van der Waals surface area contributed by atoms with Crippen molar-refractivity contribution in [3.05, 3.63) is 30.0 Å². The molecule has 0 unspecified atom stereocenters. The largest absolute Gasteiger partial charge is 0.466 e. The van der Waals surface area contributed by atoms with Gasteiger partial charge >= 0.3 is 5.97 Å². The van der Waals surface area contributed by atoms with E-state index in [1.54, 1.807) is 6.92 Å². The number of anilines is 1. The van der Waals surface area contributed by atoms with E-state index in [-0.39, 0.29) is 18.9 Å². The van der Waals surface area contributed by atoms with E-state index in [0.29, 0.717) is 11.7 Å². The summed E-state index contributed by atoms with van der Waals surface area (Å²) in [5.41, 5.74) is 3.00. The van der Waals surface area contributed by atoms with Crippen molar-refractivity contribution in [2.24, 2.45) is 0 Å². The van der Waals surface area contributed by atoms with E-state index >= 15 is 0 Å². The molecule has 2 aromatic rings. The number of carbonyl (C=O) groups excluding carboxylic acids is 2. The smallest absolute Gasteiger partial charge is 0.315 e. The van der Waals surface area contributed by atoms with E-state index in [9.17, 15) is 9.59 Å². The molecule has 1 aliphatic rings. The third kappa shape index (κ3) is 5.35. The van der Waals surface area contributed by atoms with Crippen molar-refractivity contribution < 1.29 is 14.3 Å². The molecule has 3 rings (SSSR count). The molecule has 6 heteroatoms. The lowest BCUT2D eigenvalue weighted by Crippen LogP contribution is -2.34. The normalized spacial score (nSPS) is 15.1. The summed E-state index contributed by atoms with van der Waals surface area (Å²) in [5, 5.41) is 3.91. The van der Waals surface area contributed by atoms with Gasteiger partial charge in [0.05, 0.1) is 6.61 Å². The van der Waals surface area contributed by atoms with Crippen LogP contribution in [0.25, 0.3) is 10.9 Å². The average molecular weight is 386 g/mol. The number of nitrogens with zero attached hydrogens (tertiary/aromatic N) is 1. The number of hydrogen-bond donors (Lipinski definition) is 2. The van der Waals surface area contributed by atoms with E-state index < -0.39 is 5.97 Å². The highest BCUT2D eigenvalue weighted by molar-refractivity contribution is 6.02. The van der Waals surface area contributed by atoms with Crippen LogP contribution in [0.15, 0.2) is 24.4 Å². The number of nitrogens with one attached hydrogen (secondary N) is 2. The van der Waals surface area contributed by atoms with Gasteiger partial charge in [0, 0.05) is 35.4 Å². The number of likely N-dealkylation sites (N-methyl/N-ethyl adjacent to an activating group) is 1. The first-order valence-electron chi connectivity index (χ1n) is 10.3. The number of ether oxygens (including phenoxy) is 1. The van der Waals surface area contributed by atoms with Gasteiger partial charge in [-0.1, -0.05) is 19.3 Å². The van der Waals surface area contributed by atoms with Gasteiger partial charge in [-0.25, -0.2) is 0 Å². The molecule has 28 heavy (non-hydrogen) atoms. The predicted molar refractivity (Wildman–Crippen MR) is 111 cm³/mol. The average Bonchev–Trinajstić information content (AvgIpc) is 3.09. The summed E-state index contributed by atoms with van der Waals surface area (Å²) >= 11 is 0. The van der Waals surface area contributed by atoms with Crippen molar-refractivity contribution in [3.63, 3.8) is 0 Å². The molecule has 1 aliphatic carbocycles. The summed E-state index contributed by atoms with van der Waals surface area (Å²) < 4.78 is 4.82. The van der Waals surface area contributed by atoms with Crippen LogP contribution in [0.2, 0.25) is 0 Å². The fourth-order valence-corrected chi connectivity index (χ4v) is 4.01. The zero-order valence-electron chi connectivity index (χ0n) is 16.9. The molecule has 6 nitrogen and oxygen atoms in total. The Balaban J connectivity index is 1.61. The number of benzene rings is 1. The second kappa shape index (κ2) is 9.73. The summed E-state index contributed by atoms with van der Waals surface area (Å²) in [5.74, 6) is -0.860. The summed E-state index contributed by atoms with van der Waals surface area (Å²) in [6, 6.07) is 6.49. The maximum atomic E-state index is 12.0. The second-order valence-electron chi connectivity index (χ2n) is 7.63. The fraction of sp³-hybridized carbons (Fsp3) is 0.545. The number of aromatic nitrogens is 1. The lowest BCUT2D eigenvalue weighted by molar-refractivity contribution is -0.145. The zero-order chi connectivity index (χ0) is 19.9. The molecule has 1 saturated carbocycles. The number of rotatable bonds is 8. The summed E-state index contributed by atoms with van der Waals surface area (Å²) in [6.45, 7) is 3.03. The van der Waals surface area contributed by atoms with E-state index in [2.05, 4.69) is 28.4 Å². The summed E-state index contributed by atoms with van der Waals surface area (Å²) in [4.78, 5) is 29.3. The van der Waals surface area contributed by atoms with Crippen LogP contribution in [0.5, 0.6) is 0 Å². The highest BCUT2D eigenvalue weighted by atomic mass is 16.5. The van der Waals surface area contributed by atoms with Gasteiger partial charge in [-0.3, -0.25) is 9.59 Å². The Morgan fingerprint density at radius 2 is 2.04 bits per heavy atom. The number of carbonyl (C=O) groups is 2. The van der Waals surface area contributed by atoms with Crippen molar-refractivity contribution >= 4 is 28.5 Å². The van der Waals surface area contributed by atoms with Crippen molar-refractivity contribution in [2.45, 2.75) is 57.9 Å². The highest BCUT2D eigenvalue weighted by Gasteiger charge is 2.18. The van der Waals surface area contributed by atoms with Crippen LogP contribution in [0.3, 0.4) is 0 Å². The van der Waals surface area contributed by atoms with Crippen LogP contribution in [0.1, 0.15) is 51.0 Å². The van der Waals surface area contributed by atoms with Gasteiger partial charge in [-0.15, -0.1) is 0 Å². The van der Waals surface area contributed by atoms with Gasteiger partial charge in [0.25, 0.3) is 0 Å². The van der Waals surface area contributed by atoms with Crippen LogP contribution >= 0.6 is 0 Å².